The fourth-order valence-electron chi connectivity index (χ4n) is 2.68. The summed E-state index contributed by atoms with van der Waals surface area (Å²) in [6.45, 7) is 1.01. The molecule has 4 nitrogen and oxygen atoms in total. The molecule has 2 rings (SSSR count). The van der Waals surface area contributed by atoms with E-state index >= 15 is 0 Å². The largest absolute Gasteiger partial charge is 0.492 e. The monoisotopic (exact) mass is 276 g/mol. The molecule has 0 aromatic heterocycles. The van der Waals surface area contributed by atoms with Crippen LogP contribution in [0.15, 0.2) is 24.3 Å². The lowest BCUT2D eigenvalue weighted by atomic mass is 9.87. The topological polar surface area (TPSA) is 64.3 Å². The van der Waals surface area contributed by atoms with E-state index in [1.54, 1.807) is 0 Å². The molecule has 0 heterocycles. The third kappa shape index (κ3) is 4.85. The van der Waals surface area contributed by atoms with Crippen molar-refractivity contribution in [1.82, 2.24) is 0 Å². The highest BCUT2D eigenvalue weighted by molar-refractivity contribution is 5.90. The van der Waals surface area contributed by atoms with Crippen LogP contribution in [-0.4, -0.2) is 19.1 Å². The Morgan fingerprint density at radius 2 is 1.90 bits per heavy atom. The number of ether oxygens (including phenoxy) is 1. The van der Waals surface area contributed by atoms with Gasteiger partial charge in [-0.25, -0.2) is 0 Å². The third-order valence-corrected chi connectivity index (χ3v) is 3.72. The highest BCUT2D eigenvalue weighted by atomic mass is 16.5. The zero-order chi connectivity index (χ0) is 14.2. The zero-order valence-corrected chi connectivity index (χ0v) is 11.9. The van der Waals surface area contributed by atoms with Crippen molar-refractivity contribution < 1.29 is 9.53 Å². The number of hydrogen-bond donors (Lipinski definition) is 2. The predicted molar refractivity (Wildman–Crippen MR) is 80.8 cm³/mol. The Morgan fingerprint density at radius 1 is 1.20 bits per heavy atom. The Labute approximate surface area is 120 Å². The maximum atomic E-state index is 12.0. The van der Waals surface area contributed by atoms with E-state index in [2.05, 4.69) is 5.32 Å². The average molecular weight is 276 g/mol. The maximum Gasteiger partial charge on any atom is 0.224 e. The van der Waals surface area contributed by atoms with Gasteiger partial charge in [-0.2, -0.15) is 0 Å². The van der Waals surface area contributed by atoms with E-state index in [0.717, 1.165) is 11.4 Å². The normalized spacial score (nSPS) is 15.8. The van der Waals surface area contributed by atoms with Crippen molar-refractivity contribution in [3.8, 4) is 5.75 Å². The van der Waals surface area contributed by atoms with Crippen molar-refractivity contribution in [2.75, 3.05) is 18.5 Å². The summed E-state index contributed by atoms with van der Waals surface area (Å²) in [6.07, 6.45) is 6.89. The van der Waals surface area contributed by atoms with Crippen LogP contribution in [0.25, 0.3) is 0 Å². The molecule has 1 aromatic rings. The number of rotatable bonds is 6. The van der Waals surface area contributed by atoms with E-state index in [1.807, 2.05) is 24.3 Å². The molecule has 0 saturated heterocycles. The number of carbonyl (C=O) groups is 1. The second-order valence-electron chi connectivity index (χ2n) is 5.42. The molecule has 0 atom stereocenters. The van der Waals surface area contributed by atoms with Gasteiger partial charge in [0.05, 0.1) is 0 Å². The van der Waals surface area contributed by atoms with E-state index in [-0.39, 0.29) is 5.91 Å². The fraction of sp³-hybridized carbons (Fsp3) is 0.562. The fourth-order valence-corrected chi connectivity index (χ4v) is 2.68. The Balaban J connectivity index is 1.78. The van der Waals surface area contributed by atoms with Crippen LogP contribution < -0.4 is 15.8 Å². The molecule has 0 aliphatic heterocycles. The van der Waals surface area contributed by atoms with E-state index in [1.165, 1.54) is 32.1 Å². The lowest BCUT2D eigenvalue weighted by Gasteiger charge is -2.20. The molecule has 20 heavy (non-hydrogen) atoms. The second-order valence-corrected chi connectivity index (χ2v) is 5.42. The molecule has 4 heteroatoms. The molecule has 1 fully saturated rings. The van der Waals surface area contributed by atoms with Gasteiger partial charge in [-0.15, -0.1) is 0 Å². The standard InChI is InChI=1S/C16H24N2O2/c17-10-11-20-15-8-6-14(7-9-15)18-16(19)12-13-4-2-1-3-5-13/h6-9,13H,1-5,10-12,17H2,(H,18,19). The lowest BCUT2D eigenvalue weighted by molar-refractivity contribution is -0.117. The molecule has 1 aliphatic carbocycles. The van der Waals surface area contributed by atoms with Crippen molar-refractivity contribution in [3.05, 3.63) is 24.3 Å². The number of hydrogen-bond acceptors (Lipinski definition) is 3. The van der Waals surface area contributed by atoms with E-state index < -0.39 is 0 Å². The van der Waals surface area contributed by atoms with Gasteiger partial charge in [0, 0.05) is 18.7 Å². The van der Waals surface area contributed by atoms with Gasteiger partial charge >= 0.3 is 0 Å². The van der Waals surface area contributed by atoms with Crippen LogP contribution in [0.4, 0.5) is 5.69 Å². The third-order valence-electron chi connectivity index (χ3n) is 3.72. The summed E-state index contributed by atoms with van der Waals surface area (Å²) < 4.78 is 5.40. The zero-order valence-electron chi connectivity index (χ0n) is 11.9. The van der Waals surface area contributed by atoms with Gasteiger partial charge in [0.1, 0.15) is 12.4 Å². The molecular weight excluding hydrogens is 252 g/mol. The summed E-state index contributed by atoms with van der Waals surface area (Å²) in [7, 11) is 0. The first-order valence-electron chi connectivity index (χ1n) is 7.50. The molecule has 1 saturated carbocycles. The highest BCUT2D eigenvalue weighted by Gasteiger charge is 2.16. The van der Waals surface area contributed by atoms with E-state index in [4.69, 9.17) is 10.5 Å². The molecule has 0 radical (unpaired) electrons. The van der Waals surface area contributed by atoms with Crippen LogP contribution in [-0.2, 0) is 4.79 Å². The van der Waals surface area contributed by atoms with Crippen molar-refractivity contribution in [2.24, 2.45) is 11.7 Å². The van der Waals surface area contributed by atoms with E-state index in [0.29, 0.717) is 25.5 Å². The first kappa shape index (κ1) is 14.9. The number of nitrogens with two attached hydrogens (primary N) is 1. The predicted octanol–water partition coefficient (Wildman–Crippen LogP) is 2.93. The van der Waals surface area contributed by atoms with Gasteiger partial charge in [0.15, 0.2) is 0 Å². The molecule has 1 aliphatic rings. The van der Waals surface area contributed by atoms with Crippen LogP contribution in [0.1, 0.15) is 38.5 Å². The van der Waals surface area contributed by atoms with E-state index in [9.17, 15) is 4.79 Å². The summed E-state index contributed by atoms with van der Waals surface area (Å²) in [6, 6.07) is 7.44. The van der Waals surface area contributed by atoms with Crippen LogP contribution in [0.3, 0.4) is 0 Å². The molecule has 0 spiro atoms. The van der Waals surface area contributed by atoms with Crippen LogP contribution in [0, 0.1) is 5.92 Å². The molecule has 0 unspecified atom stereocenters. The van der Waals surface area contributed by atoms with Crippen LogP contribution >= 0.6 is 0 Å². The van der Waals surface area contributed by atoms with Crippen LogP contribution in [0.5, 0.6) is 5.75 Å². The van der Waals surface area contributed by atoms with Gasteiger partial charge in [0.25, 0.3) is 0 Å². The summed E-state index contributed by atoms with van der Waals surface area (Å²) in [4.78, 5) is 12.0. The van der Waals surface area contributed by atoms with Gasteiger partial charge < -0.3 is 15.8 Å². The Hall–Kier alpha value is -1.55. The summed E-state index contributed by atoms with van der Waals surface area (Å²) in [5.74, 6) is 1.46. The maximum absolute atomic E-state index is 12.0. The number of benzene rings is 1. The minimum Gasteiger partial charge on any atom is -0.492 e. The Kier molecular flexibility index (Phi) is 5.87. The SMILES string of the molecule is NCCOc1ccc(NC(=O)CC2CCCCC2)cc1. The lowest BCUT2D eigenvalue weighted by Crippen LogP contribution is -2.18. The van der Waals surface area contributed by atoms with Crippen molar-refractivity contribution in [1.29, 1.82) is 0 Å². The summed E-state index contributed by atoms with van der Waals surface area (Å²) in [5.41, 5.74) is 6.20. The number of amides is 1. The van der Waals surface area contributed by atoms with Gasteiger partial charge in [-0.1, -0.05) is 19.3 Å². The number of carbonyl (C=O) groups excluding carboxylic acids is 1. The highest BCUT2D eigenvalue weighted by Crippen LogP contribution is 2.26. The molecule has 3 N–H and O–H groups in total. The number of nitrogens with one attached hydrogen (secondary N) is 1. The first-order valence-corrected chi connectivity index (χ1v) is 7.50. The molecule has 1 amide bonds. The second kappa shape index (κ2) is 7.90. The van der Waals surface area contributed by atoms with Crippen molar-refractivity contribution in [2.45, 2.75) is 38.5 Å². The molecule has 0 bridgehead atoms. The Bertz CT molecular complexity index is 411. The van der Waals surface area contributed by atoms with Crippen LogP contribution in [0.2, 0.25) is 0 Å². The van der Waals surface area contributed by atoms with Gasteiger partial charge in [-0.05, 0) is 43.0 Å². The molecule has 110 valence electrons. The smallest absolute Gasteiger partial charge is 0.224 e. The minimum absolute atomic E-state index is 0.118. The minimum atomic E-state index is 0.118. The average Bonchev–Trinajstić information content (AvgIpc) is 2.47. The first-order chi connectivity index (χ1) is 9.78. The van der Waals surface area contributed by atoms with Gasteiger partial charge in [0.2, 0.25) is 5.91 Å². The molecule has 1 aromatic carbocycles. The summed E-state index contributed by atoms with van der Waals surface area (Å²) >= 11 is 0. The van der Waals surface area contributed by atoms with Gasteiger partial charge in [-0.3, -0.25) is 4.79 Å². The quantitative estimate of drug-likeness (QED) is 0.839. The van der Waals surface area contributed by atoms with Crippen molar-refractivity contribution in [3.63, 3.8) is 0 Å². The number of anilines is 1. The Morgan fingerprint density at radius 3 is 2.55 bits per heavy atom. The van der Waals surface area contributed by atoms with Crippen molar-refractivity contribution >= 4 is 11.6 Å². The summed E-state index contributed by atoms with van der Waals surface area (Å²) in [5, 5.41) is 2.95. The molecular formula is C16H24N2O2.